The normalized spacial score (nSPS) is 14.3. The van der Waals surface area contributed by atoms with Crippen molar-refractivity contribution in [1.29, 1.82) is 0 Å². The van der Waals surface area contributed by atoms with Gasteiger partial charge in [-0.2, -0.15) is 0 Å². The van der Waals surface area contributed by atoms with Crippen LogP contribution in [0.25, 0.3) is 0 Å². The predicted octanol–water partition coefficient (Wildman–Crippen LogP) is 4.09. The minimum Gasteiger partial charge on any atom is -0.496 e. The zero-order chi connectivity index (χ0) is 21.0. The van der Waals surface area contributed by atoms with E-state index in [2.05, 4.69) is 40.1 Å². The maximum Gasteiger partial charge on any atom is 0.122 e. The smallest absolute Gasteiger partial charge is 0.122 e. The van der Waals surface area contributed by atoms with Gasteiger partial charge in [0.1, 0.15) is 11.5 Å². The van der Waals surface area contributed by atoms with Crippen molar-refractivity contribution in [2.45, 2.75) is 25.7 Å². The molecule has 1 aliphatic rings. The van der Waals surface area contributed by atoms with E-state index in [0.717, 1.165) is 83.1 Å². The van der Waals surface area contributed by atoms with E-state index in [-0.39, 0.29) is 31.4 Å². The van der Waals surface area contributed by atoms with Gasteiger partial charge in [0.25, 0.3) is 0 Å². The molecule has 1 N–H and O–H groups in total. The van der Waals surface area contributed by atoms with Gasteiger partial charge in [-0.25, -0.2) is 0 Å². The lowest BCUT2D eigenvalue weighted by atomic mass is 10.0. The van der Waals surface area contributed by atoms with E-state index in [0.29, 0.717) is 0 Å². The van der Waals surface area contributed by atoms with Crippen LogP contribution in [0.4, 0.5) is 0 Å². The van der Waals surface area contributed by atoms with E-state index in [4.69, 9.17) is 14.6 Å². The van der Waals surface area contributed by atoms with E-state index >= 15 is 0 Å². The van der Waals surface area contributed by atoms with Crippen LogP contribution in [0, 0.1) is 0 Å². The number of aryl methyl sites for hydroxylation is 2. The molecule has 3 rings (SSSR count). The zero-order valence-corrected chi connectivity index (χ0v) is 20.7. The van der Waals surface area contributed by atoms with E-state index < -0.39 is 0 Å². The highest BCUT2D eigenvalue weighted by atomic mass is 35.5. The first-order valence-electron chi connectivity index (χ1n) is 11.2. The lowest BCUT2D eigenvalue weighted by molar-refractivity contribution is 0.110. The molecule has 0 atom stereocenters. The molecule has 1 fully saturated rings. The molecule has 7 heteroatoms. The van der Waals surface area contributed by atoms with Crippen molar-refractivity contribution in [2.75, 3.05) is 59.6 Å². The SMILES string of the molecule is COc1ccccc1CCc1ccccc1OCCCCN1CCN(CCO)CC1.Cl.Cl. The molecule has 32 heavy (non-hydrogen) atoms. The fourth-order valence-corrected chi connectivity index (χ4v) is 4.03. The molecule has 2 aromatic rings. The van der Waals surface area contributed by atoms with Crippen molar-refractivity contribution in [1.82, 2.24) is 9.80 Å². The van der Waals surface area contributed by atoms with Gasteiger partial charge in [-0.05, 0) is 55.5 Å². The van der Waals surface area contributed by atoms with Crippen LogP contribution in [-0.2, 0) is 12.8 Å². The summed E-state index contributed by atoms with van der Waals surface area (Å²) >= 11 is 0. The number of aliphatic hydroxyl groups is 1. The number of para-hydroxylation sites is 2. The van der Waals surface area contributed by atoms with Crippen LogP contribution in [0.3, 0.4) is 0 Å². The van der Waals surface area contributed by atoms with Gasteiger partial charge in [-0.15, -0.1) is 24.8 Å². The zero-order valence-electron chi connectivity index (χ0n) is 19.1. The van der Waals surface area contributed by atoms with E-state index in [1.54, 1.807) is 7.11 Å². The lowest BCUT2D eigenvalue weighted by Gasteiger charge is -2.34. The molecule has 0 spiro atoms. The average molecular weight is 485 g/mol. The van der Waals surface area contributed by atoms with Gasteiger partial charge < -0.3 is 19.5 Å². The van der Waals surface area contributed by atoms with Crippen LogP contribution in [0.1, 0.15) is 24.0 Å². The molecule has 0 radical (unpaired) electrons. The molecule has 2 aromatic carbocycles. The number of aliphatic hydroxyl groups excluding tert-OH is 1. The van der Waals surface area contributed by atoms with E-state index in [1.807, 2.05) is 18.2 Å². The highest BCUT2D eigenvalue weighted by Gasteiger charge is 2.15. The molecule has 0 amide bonds. The molecule has 0 aliphatic carbocycles. The second-order valence-electron chi connectivity index (χ2n) is 7.88. The van der Waals surface area contributed by atoms with Crippen molar-refractivity contribution in [3.8, 4) is 11.5 Å². The Labute approximate surface area is 205 Å². The van der Waals surface area contributed by atoms with E-state index in [1.165, 1.54) is 11.1 Å². The van der Waals surface area contributed by atoms with E-state index in [9.17, 15) is 0 Å². The predicted molar refractivity (Wildman–Crippen MR) is 136 cm³/mol. The second kappa shape index (κ2) is 16.2. The summed E-state index contributed by atoms with van der Waals surface area (Å²) in [6, 6.07) is 16.6. The summed E-state index contributed by atoms with van der Waals surface area (Å²) in [6.45, 7) is 7.30. The van der Waals surface area contributed by atoms with Gasteiger partial charge in [-0.3, -0.25) is 4.90 Å². The van der Waals surface area contributed by atoms with Gasteiger partial charge in [0.05, 0.1) is 20.3 Å². The number of β-amino-alcohol motifs (C(OH)–C–C–N with tert-alkyl or cyclic N) is 1. The van der Waals surface area contributed by atoms with Crippen molar-refractivity contribution < 1.29 is 14.6 Å². The van der Waals surface area contributed by atoms with Crippen molar-refractivity contribution in [2.24, 2.45) is 0 Å². The highest BCUT2D eigenvalue weighted by molar-refractivity contribution is 5.85. The molecule has 0 saturated carbocycles. The van der Waals surface area contributed by atoms with Crippen molar-refractivity contribution in [3.63, 3.8) is 0 Å². The Morgan fingerprint density at radius 2 is 1.28 bits per heavy atom. The number of hydrogen-bond donors (Lipinski definition) is 1. The van der Waals surface area contributed by atoms with Crippen LogP contribution < -0.4 is 9.47 Å². The number of unbranched alkanes of at least 4 members (excludes halogenated alkanes) is 1. The minimum atomic E-state index is 0. The Kier molecular flexibility index (Phi) is 14.4. The fraction of sp³-hybridized carbons (Fsp3) is 0.520. The average Bonchev–Trinajstić information content (AvgIpc) is 2.79. The first-order chi connectivity index (χ1) is 14.8. The first kappa shape index (κ1) is 28.5. The Hall–Kier alpha value is -1.50. The molecule has 0 unspecified atom stereocenters. The summed E-state index contributed by atoms with van der Waals surface area (Å²) in [5, 5.41) is 9.04. The summed E-state index contributed by atoms with van der Waals surface area (Å²) in [5.41, 5.74) is 2.48. The molecular formula is C25H38Cl2N2O3. The number of ether oxygens (including phenoxy) is 2. The van der Waals surface area contributed by atoms with Gasteiger partial charge in [0.15, 0.2) is 0 Å². The number of nitrogens with zero attached hydrogens (tertiary/aromatic N) is 2. The maximum absolute atomic E-state index is 9.04. The standard InChI is InChI=1S/C25H36N2O3.2ClH/c1-29-24-10-4-2-8-22(24)12-13-23-9-3-5-11-25(23)30-21-7-6-14-26-15-17-27(18-16-26)19-20-28;;/h2-5,8-11,28H,6-7,12-21H2,1H3;2*1H. The summed E-state index contributed by atoms with van der Waals surface area (Å²) in [7, 11) is 1.73. The topological polar surface area (TPSA) is 45.2 Å². The summed E-state index contributed by atoms with van der Waals surface area (Å²) in [5.74, 6) is 1.96. The van der Waals surface area contributed by atoms with Gasteiger partial charge in [-0.1, -0.05) is 36.4 Å². The Morgan fingerprint density at radius 1 is 0.750 bits per heavy atom. The quantitative estimate of drug-likeness (QED) is 0.459. The number of hydrogen-bond acceptors (Lipinski definition) is 5. The van der Waals surface area contributed by atoms with Crippen LogP contribution in [0.5, 0.6) is 11.5 Å². The minimum absolute atomic E-state index is 0. The van der Waals surface area contributed by atoms with Crippen molar-refractivity contribution >= 4 is 24.8 Å². The first-order valence-corrected chi connectivity index (χ1v) is 11.2. The van der Waals surface area contributed by atoms with Crippen LogP contribution >= 0.6 is 24.8 Å². The van der Waals surface area contributed by atoms with Crippen LogP contribution in [0.15, 0.2) is 48.5 Å². The molecule has 1 heterocycles. The maximum atomic E-state index is 9.04. The third kappa shape index (κ3) is 9.16. The molecule has 1 saturated heterocycles. The Bertz CT molecular complexity index is 755. The summed E-state index contributed by atoms with van der Waals surface area (Å²) in [4.78, 5) is 4.86. The third-order valence-electron chi connectivity index (χ3n) is 5.84. The van der Waals surface area contributed by atoms with Gasteiger partial charge in [0, 0.05) is 32.7 Å². The fourth-order valence-electron chi connectivity index (χ4n) is 4.03. The molecular weight excluding hydrogens is 447 g/mol. The van der Waals surface area contributed by atoms with Gasteiger partial charge in [0.2, 0.25) is 0 Å². The second-order valence-corrected chi connectivity index (χ2v) is 7.88. The third-order valence-corrected chi connectivity index (χ3v) is 5.84. The molecule has 5 nitrogen and oxygen atoms in total. The number of benzene rings is 2. The summed E-state index contributed by atoms with van der Waals surface area (Å²) < 4.78 is 11.6. The Morgan fingerprint density at radius 3 is 1.88 bits per heavy atom. The molecule has 1 aliphatic heterocycles. The number of methoxy groups -OCH3 is 1. The van der Waals surface area contributed by atoms with Crippen LogP contribution in [-0.4, -0.2) is 74.5 Å². The largest absolute Gasteiger partial charge is 0.496 e. The van der Waals surface area contributed by atoms with Crippen molar-refractivity contribution in [3.05, 3.63) is 59.7 Å². The molecule has 180 valence electrons. The Balaban J connectivity index is 0.00000256. The van der Waals surface area contributed by atoms with Crippen LogP contribution in [0.2, 0.25) is 0 Å². The van der Waals surface area contributed by atoms with Gasteiger partial charge >= 0.3 is 0 Å². The highest BCUT2D eigenvalue weighted by Crippen LogP contribution is 2.24. The lowest BCUT2D eigenvalue weighted by Crippen LogP contribution is -2.47. The molecule has 0 aromatic heterocycles. The summed E-state index contributed by atoms with van der Waals surface area (Å²) in [6.07, 6.45) is 4.10. The molecule has 0 bridgehead atoms. The number of rotatable bonds is 12. The monoisotopic (exact) mass is 484 g/mol. The number of halogens is 2. The number of piperazine rings is 1.